The van der Waals surface area contributed by atoms with Crippen LogP contribution in [0.5, 0.6) is 0 Å². The van der Waals surface area contributed by atoms with Crippen LogP contribution in [-0.4, -0.2) is 56.2 Å². The van der Waals surface area contributed by atoms with E-state index in [0.29, 0.717) is 0 Å². The predicted molar refractivity (Wildman–Crippen MR) is 91.2 cm³/mol. The Balaban J connectivity index is 1.76. The molecule has 1 heterocycles. The lowest BCUT2D eigenvalue weighted by molar-refractivity contribution is -0.0113. The van der Waals surface area contributed by atoms with Gasteiger partial charge in [-0.25, -0.2) is 0 Å². The highest BCUT2D eigenvalue weighted by molar-refractivity contribution is 5.33. The number of hydrogen-bond acceptors (Lipinski definition) is 3. The number of rotatable bonds is 3. The molecule has 2 fully saturated rings. The van der Waals surface area contributed by atoms with Crippen LogP contribution in [0.15, 0.2) is 24.3 Å². The van der Waals surface area contributed by atoms with Gasteiger partial charge in [0, 0.05) is 24.7 Å². The Morgan fingerprint density at radius 2 is 1.73 bits per heavy atom. The molecular weight excluding hydrogens is 272 g/mol. The van der Waals surface area contributed by atoms with E-state index in [1.165, 1.54) is 36.8 Å². The predicted octanol–water partition coefficient (Wildman–Crippen LogP) is 3.03. The first-order valence-corrected chi connectivity index (χ1v) is 8.69. The summed E-state index contributed by atoms with van der Waals surface area (Å²) in [6, 6.07) is 9.70. The summed E-state index contributed by atoms with van der Waals surface area (Å²) in [7, 11) is 4.50. The lowest BCUT2D eigenvalue weighted by Crippen LogP contribution is -2.51. The molecule has 3 heteroatoms. The third-order valence-corrected chi connectivity index (χ3v) is 5.85. The minimum absolute atomic E-state index is 0.216. The highest BCUT2D eigenvalue weighted by atomic mass is 16.5. The first kappa shape index (κ1) is 16.0. The van der Waals surface area contributed by atoms with Crippen LogP contribution < -0.4 is 0 Å². The van der Waals surface area contributed by atoms with Crippen molar-refractivity contribution < 1.29 is 4.74 Å². The highest BCUT2D eigenvalue weighted by Gasteiger charge is 2.40. The molecule has 0 atom stereocenters. The molecule has 1 aromatic rings. The number of nitrogens with zero attached hydrogens (tertiary/aromatic N) is 2. The molecule has 0 amide bonds. The smallest absolute Gasteiger partial charge is 0.0594 e. The molecule has 1 aliphatic carbocycles. The van der Waals surface area contributed by atoms with E-state index in [4.69, 9.17) is 4.74 Å². The van der Waals surface area contributed by atoms with E-state index in [-0.39, 0.29) is 5.54 Å². The van der Waals surface area contributed by atoms with Gasteiger partial charge in [0.2, 0.25) is 0 Å². The zero-order valence-electron chi connectivity index (χ0n) is 14.3. The molecule has 3 rings (SSSR count). The van der Waals surface area contributed by atoms with Crippen molar-refractivity contribution >= 4 is 0 Å². The van der Waals surface area contributed by atoms with Gasteiger partial charge in [0.15, 0.2) is 0 Å². The largest absolute Gasteiger partial charge is 0.379 e. The van der Waals surface area contributed by atoms with Crippen molar-refractivity contribution in [1.82, 2.24) is 9.80 Å². The molecule has 1 saturated carbocycles. The van der Waals surface area contributed by atoms with Crippen molar-refractivity contribution in [2.24, 2.45) is 0 Å². The molecule has 1 aromatic carbocycles. The molecule has 122 valence electrons. The molecule has 0 spiro atoms. The van der Waals surface area contributed by atoms with Crippen LogP contribution in [0.25, 0.3) is 0 Å². The molecule has 0 N–H and O–H groups in total. The first-order valence-electron chi connectivity index (χ1n) is 8.69. The van der Waals surface area contributed by atoms with Crippen molar-refractivity contribution in [3.63, 3.8) is 0 Å². The molecule has 2 aliphatic rings. The second kappa shape index (κ2) is 6.69. The lowest BCUT2D eigenvalue weighted by atomic mass is 9.72. The number of benzene rings is 1. The van der Waals surface area contributed by atoms with Crippen LogP contribution in [-0.2, 0) is 10.3 Å². The fraction of sp³-hybridized carbons (Fsp3) is 0.684. The van der Waals surface area contributed by atoms with E-state index < -0.39 is 0 Å². The third-order valence-electron chi connectivity index (χ3n) is 5.85. The second-order valence-corrected chi connectivity index (χ2v) is 7.12. The molecule has 22 heavy (non-hydrogen) atoms. The molecule has 0 unspecified atom stereocenters. The van der Waals surface area contributed by atoms with Gasteiger partial charge in [0.25, 0.3) is 0 Å². The van der Waals surface area contributed by atoms with E-state index in [2.05, 4.69) is 55.1 Å². The Bertz CT molecular complexity index is 486. The normalized spacial score (nSPS) is 30.6. The van der Waals surface area contributed by atoms with E-state index >= 15 is 0 Å². The van der Waals surface area contributed by atoms with Gasteiger partial charge in [-0.15, -0.1) is 0 Å². The van der Waals surface area contributed by atoms with Crippen LogP contribution in [0.3, 0.4) is 0 Å². The zero-order chi connectivity index (χ0) is 15.6. The van der Waals surface area contributed by atoms with E-state index in [1.54, 1.807) is 0 Å². The Labute approximate surface area is 135 Å². The zero-order valence-corrected chi connectivity index (χ0v) is 14.3. The quantitative estimate of drug-likeness (QED) is 0.853. The van der Waals surface area contributed by atoms with Crippen LogP contribution >= 0.6 is 0 Å². The Morgan fingerprint density at radius 1 is 1.09 bits per heavy atom. The van der Waals surface area contributed by atoms with Gasteiger partial charge < -0.3 is 4.74 Å². The molecule has 0 bridgehead atoms. The third kappa shape index (κ3) is 2.94. The van der Waals surface area contributed by atoms with Gasteiger partial charge in [-0.2, -0.15) is 0 Å². The van der Waals surface area contributed by atoms with E-state index in [9.17, 15) is 0 Å². The van der Waals surface area contributed by atoms with Crippen LogP contribution in [0.4, 0.5) is 0 Å². The minimum atomic E-state index is 0.216. The maximum Gasteiger partial charge on any atom is 0.0594 e. The summed E-state index contributed by atoms with van der Waals surface area (Å²) in [5, 5.41) is 0. The molecule has 0 aromatic heterocycles. The van der Waals surface area contributed by atoms with Gasteiger partial charge in [0.05, 0.1) is 13.2 Å². The van der Waals surface area contributed by atoms with Crippen molar-refractivity contribution in [2.45, 2.75) is 44.2 Å². The summed E-state index contributed by atoms with van der Waals surface area (Å²) < 4.78 is 5.50. The maximum absolute atomic E-state index is 5.50. The average Bonchev–Trinajstić information content (AvgIpc) is 2.56. The molecular formula is C19H30N2O. The Morgan fingerprint density at radius 3 is 2.32 bits per heavy atom. The molecule has 0 radical (unpaired) electrons. The minimum Gasteiger partial charge on any atom is -0.379 e. The first-order chi connectivity index (χ1) is 10.6. The molecule has 1 aliphatic heterocycles. The van der Waals surface area contributed by atoms with Crippen molar-refractivity contribution in [1.29, 1.82) is 0 Å². The average molecular weight is 302 g/mol. The van der Waals surface area contributed by atoms with E-state index in [1.807, 2.05) is 0 Å². The second-order valence-electron chi connectivity index (χ2n) is 7.12. The van der Waals surface area contributed by atoms with E-state index in [0.717, 1.165) is 32.3 Å². The number of ether oxygens (including phenoxy) is 1. The summed E-state index contributed by atoms with van der Waals surface area (Å²) in [5.41, 5.74) is 3.18. The van der Waals surface area contributed by atoms with Gasteiger partial charge >= 0.3 is 0 Å². The summed E-state index contributed by atoms with van der Waals surface area (Å²) in [5.74, 6) is 0. The molecule has 3 nitrogen and oxygen atoms in total. The molecule has 1 saturated heterocycles. The number of morpholine rings is 1. The van der Waals surface area contributed by atoms with Crippen molar-refractivity contribution in [3.8, 4) is 0 Å². The monoisotopic (exact) mass is 302 g/mol. The fourth-order valence-electron chi connectivity index (χ4n) is 4.44. The Hall–Kier alpha value is -0.900. The van der Waals surface area contributed by atoms with Gasteiger partial charge in [-0.05, 0) is 57.8 Å². The summed E-state index contributed by atoms with van der Waals surface area (Å²) in [6.07, 6.45) is 5.11. The summed E-state index contributed by atoms with van der Waals surface area (Å²) in [4.78, 5) is 5.12. The van der Waals surface area contributed by atoms with Crippen molar-refractivity contribution in [2.75, 3.05) is 40.4 Å². The maximum atomic E-state index is 5.50. The van der Waals surface area contributed by atoms with Crippen LogP contribution in [0.2, 0.25) is 0 Å². The van der Waals surface area contributed by atoms with Gasteiger partial charge in [-0.3, -0.25) is 9.80 Å². The summed E-state index contributed by atoms with van der Waals surface area (Å²) >= 11 is 0. The topological polar surface area (TPSA) is 15.7 Å². The SMILES string of the molecule is Cc1ccccc1C1(N(C)C)CCC(N2CCOCC2)CC1. The fourth-order valence-corrected chi connectivity index (χ4v) is 4.44. The summed E-state index contributed by atoms with van der Waals surface area (Å²) in [6.45, 7) is 6.31. The Kier molecular flexibility index (Phi) is 4.86. The van der Waals surface area contributed by atoms with Crippen molar-refractivity contribution in [3.05, 3.63) is 35.4 Å². The number of hydrogen-bond donors (Lipinski definition) is 0. The number of aryl methyl sites for hydroxylation is 1. The van der Waals surface area contributed by atoms with Gasteiger partial charge in [0.1, 0.15) is 0 Å². The van der Waals surface area contributed by atoms with Crippen LogP contribution in [0, 0.1) is 6.92 Å². The lowest BCUT2D eigenvalue weighted by Gasteiger charge is -2.48. The van der Waals surface area contributed by atoms with Gasteiger partial charge in [-0.1, -0.05) is 24.3 Å². The highest BCUT2D eigenvalue weighted by Crippen LogP contribution is 2.43. The standard InChI is InChI=1S/C19H30N2O/c1-16-6-4-5-7-18(16)19(20(2)3)10-8-17(9-11-19)21-12-14-22-15-13-21/h4-7,17H,8-15H2,1-3H3. The van der Waals surface area contributed by atoms with Crippen LogP contribution in [0.1, 0.15) is 36.8 Å².